The normalized spacial score (nSPS) is 19.1. The molecule has 2 aromatic heterocycles. The Bertz CT molecular complexity index is 2200. The minimum Gasteiger partial charge on any atom is -0.497 e. The van der Waals surface area contributed by atoms with Crippen LogP contribution in [0, 0.1) is 0 Å². The lowest BCUT2D eigenvalue weighted by Gasteiger charge is -2.40. The van der Waals surface area contributed by atoms with E-state index in [1.807, 2.05) is 108 Å². The minimum absolute atomic E-state index is 0.103. The number of aliphatic imine (C=N–C) groups is 1. The van der Waals surface area contributed by atoms with E-state index < -0.39 is 38.4 Å². The highest BCUT2D eigenvalue weighted by Gasteiger charge is 2.52. The summed E-state index contributed by atoms with van der Waals surface area (Å²) in [5, 5.41) is -0.103. The van der Waals surface area contributed by atoms with Crippen LogP contribution in [0.25, 0.3) is 11.2 Å². The van der Waals surface area contributed by atoms with Crippen molar-refractivity contribution in [1.82, 2.24) is 19.5 Å². The second-order valence-corrected chi connectivity index (χ2v) is 20.2. The van der Waals surface area contributed by atoms with Crippen molar-refractivity contribution in [2.45, 2.75) is 69.0 Å². The first-order valence-corrected chi connectivity index (χ1v) is 21.7. The summed E-state index contributed by atoms with van der Waals surface area (Å²) in [4.78, 5) is 18.7. The van der Waals surface area contributed by atoms with Crippen LogP contribution in [0.3, 0.4) is 0 Å². The average molecular weight is 771 g/mol. The zero-order chi connectivity index (χ0) is 39.5. The number of benzene rings is 4. The largest absolute Gasteiger partial charge is 0.497 e. The van der Waals surface area contributed by atoms with Crippen LogP contribution >= 0.6 is 0 Å². The Morgan fingerprint density at radius 3 is 1.93 bits per heavy atom. The second kappa shape index (κ2) is 16.0. The highest BCUT2D eigenvalue weighted by molar-refractivity contribution is 6.74. The third-order valence-electron chi connectivity index (χ3n) is 11.0. The quantitative estimate of drug-likeness (QED) is 0.0702. The molecule has 4 aromatic carbocycles. The molecule has 0 spiro atoms. The maximum absolute atomic E-state index is 7.42. The predicted molar refractivity (Wildman–Crippen MR) is 222 cm³/mol. The van der Waals surface area contributed by atoms with Gasteiger partial charge in [-0.25, -0.2) is 15.0 Å². The van der Waals surface area contributed by atoms with E-state index in [2.05, 4.69) is 60.9 Å². The van der Waals surface area contributed by atoms with E-state index in [1.165, 1.54) is 6.33 Å². The second-order valence-electron chi connectivity index (χ2n) is 15.5. The van der Waals surface area contributed by atoms with Crippen molar-refractivity contribution in [3.05, 3.63) is 144 Å². The van der Waals surface area contributed by atoms with Gasteiger partial charge in [0, 0.05) is 6.21 Å². The van der Waals surface area contributed by atoms with Crippen molar-refractivity contribution >= 4 is 31.5 Å². The third-order valence-corrected chi connectivity index (χ3v) is 15.5. The number of hydrogen-bond donors (Lipinski definition) is 1. The van der Waals surface area contributed by atoms with Crippen molar-refractivity contribution in [2.24, 2.45) is 4.99 Å². The first-order valence-electron chi connectivity index (χ1n) is 18.8. The minimum atomic E-state index is -2.43. The molecule has 0 aliphatic carbocycles. The molecule has 3 heterocycles. The Morgan fingerprint density at radius 1 is 0.786 bits per heavy atom. The average Bonchev–Trinajstić information content (AvgIpc) is 3.79. The standard InChI is InChI=1S/C44H50N6O5Si/c1-43(2,3)56(6,7)55-39-37(46-26-30-14-10-8-11-15-30)36(54-42(39)50-29-49-38-40(45)47-28-48-41(38)50)27-53-44(31-16-12-9-13-17-31,32-18-22-34(51-4)23-19-32)33-20-24-35(52-5)25-21-33/h8-26,28-29,36-37,39,42H,27H2,1-7H3,(H2,45,47,48)/b46-26-/t36-,37-,39-,42-/m1/s1. The zero-order valence-electron chi connectivity index (χ0n) is 33.0. The maximum atomic E-state index is 7.42. The first kappa shape index (κ1) is 38.9. The molecule has 1 saturated heterocycles. The lowest BCUT2D eigenvalue weighted by atomic mass is 9.80. The molecule has 12 heteroatoms. The number of nitrogens with two attached hydrogens (primary N) is 1. The molecule has 0 amide bonds. The Labute approximate surface area is 329 Å². The topological polar surface area (TPSA) is 128 Å². The van der Waals surface area contributed by atoms with Crippen LogP contribution in [0.1, 0.15) is 49.3 Å². The van der Waals surface area contributed by atoms with Crippen LogP contribution in [0.5, 0.6) is 11.5 Å². The zero-order valence-corrected chi connectivity index (χ0v) is 34.0. The molecule has 2 N–H and O–H groups in total. The smallest absolute Gasteiger partial charge is 0.192 e. The summed E-state index contributed by atoms with van der Waals surface area (Å²) < 4.78 is 35.0. The molecule has 0 bridgehead atoms. The summed E-state index contributed by atoms with van der Waals surface area (Å²) in [6.45, 7) is 11.3. The number of aromatic nitrogens is 4. The van der Waals surface area contributed by atoms with Gasteiger partial charge in [-0.2, -0.15) is 0 Å². The molecular formula is C44H50N6O5Si. The van der Waals surface area contributed by atoms with Gasteiger partial charge in [-0.1, -0.05) is 106 Å². The summed E-state index contributed by atoms with van der Waals surface area (Å²) in [5.74, 6) is 1.77. The number of ether oxygens (including phenoxy) is 4. The number of nitrogens with zero attached hydrogens (tertiary/aromatic N) is 5. The van der Waals surface area contributed by atoms with Crippen LogP contribution in [-0.4, -0.2) is 73.1 Å². The molecule has 0 saturated carbocycles. The number of nitrogen functional groups attached to an aromatic ring is 1. The molecule has 56 heavy (non-hydrogen) atoms. The van der Waals surface area contributed by atoms with Gasteiger partial charge in [0.2, 0.25) is 0 Å². The lowest BCUT2D eigenvalue weighted by molar-refractivity contribution is -0.0850. The Kier molecular flexibility index (Phi) is 11.1. The van der Waals surface area contributed by atoms with Gasteiger partial charge in [0.1, 0.15) is 47.2 Å². The Morgan fingerprint density at radius 2 is 1.36 bits per heavy atom. The van der Waals surface area contributed by atoms with E-state index in [4.69, 9.17) is 34.1 Å². The summed E-state index contributed by atoms with van der Waals surface area (Å²) in [7, 11) is 0.897. The van der Waals surface area contributed by atoms with Crippen molar-refractivity contribution < 1.29 is 23.4 Å². The van der Waals surface area contributed by atoms with E-state index >= 15 is 0 Å². The van der Waals surface area contributed by atoms with Crippen LogP contribution in [0.4, 0.5) is 5.82 Å². The molecule has 1 fully saturated rings. The van der Waals surface area contributed by atoms with Crippen molar-refractivity contribution in [2.75, 3.05) is 26.6 Å². The van der Waals surface area contributed by atoms with Gasteiger partial charge < -0.3 is 29.1 Å². The Balaban J connectivity index is 1.38. The van der Waals surface area contributed by atoms with Gasteiger partial charge >= 0.3 is 0 Å². The van der Waals surface area contributed by atoms with Crippen LogP contribution in [0.2, 0.25) is 18.1 Å². The van der Waals surface area contributed by atoms with Gasteiger partial charge in [-0.05, 0) is 64.7 Å². The van der Waals surface area contributed by atoms with Crippen molar-refractivity contribution in [1.29, 1.82) is 0 Å². The van der Waals surface area contributed by atoms with E-state index in [1.54, 1.807) is 20.5 Å². The van der Waals surface area contributed by atoms with E-state index in [9.17, 15) is 0 Å². The highest BCUT2D eigenvalue weighted by Crippen LogP contribution is 2.46. The van der Waals surface area contributed by atoms with E-state index in [-0.39, 0.29) is 11.6 Å². The van der Waals surface area contributed by atoms with E-state index in [0.717, 1.165) is 33.8 Å². The van der Waals surface area contributed by atoms with Crippen molar-refractivity contribution in [3.63, 3.8) is 0 Å². The first-order chi connectivity index (χ1) is 26.9. The maximum Gasteiger partial charge on any atom is 0.192 e. The molecule has 4 atom stereocenters. The molecule has 6 aromatic rings. The molecule has 0 radical (unpaired) electrons. The molecule has 0 unspecified atom stereocenters. The number of anilines is 1. The summed E-state index contributed by atoms with van der Waals surface area (Å²) >= 11 is 0. The predicted octanol–water partition coefficient (Wildman–Crippen LogP) is 8.21. The lowest BCUT2D eigenvalue weighted by Crippen LogP contribution is -2.48. The summed E-state index contributed by atoms with van der Waals surface area (Å²) in [5.41, 5.74) is 9.97. The van der Waals surface area contributed by atoms with Gasteiger partial charge in [-0.15, -0.1) is 0 Å². The SMILES string of the molecule is COc1ccc(C(OC[C@H]2O[C@@H](n3cnc4c(N)ncnc43)[C@H](O[Si](C)(C)C(C)(C)C)[C@@H]2/N=C\c2ccccc2)(c2ccccc2)c2ccc(OC)cc2)cc1. The Hall–Kier alpha value is -5.40. The van der Waals surface area contributed by atoms with Crippen LogP contribution in [-0.2, 0) is 19.5 Å². The molecule has 290 valence electrons. The third kappa shape index (κ3) is 7.57. The summed E-state index contributed by atoms with van der Waals surface area (Å²) in [6.07, 6.45) is 3.26. The van der Waals surface area contributed by atoms with E-state index in [0.29, 0.717) is 17.0 Å². The number of imidazole rings is 1. The fraction of sp³-hybridized carbons (Fsp3) is 0.318. The van der Waals surface area contributed by atoms with Crippen molar-refractivity contribution in [3.8, 4) is 11.5 Å². The van der Waals surface area contributed by atoms with Crippen LogP contribution in [0.15, 0.2) is 127 Å². The molecule has 1 aliphatic rings. The fourth-order valence-corrected chi connectivity index (χ4v) is 8.24. The van der Waals surface area contributed by atoms with Gasteiger partial charge in [0.05, 0.1) is 27.2 Å². The number of hydrogen-bond acceptors (Lipinski definition) is 10. The van der Waals surface area contributed by atoms with Gasteiger partial charge in [0.25, 0.3) is 0 Å². The monoisotopic (exact) mass is 770 g/mol. The fourth-order valence-electron chi connectivity index (χ4n) is 6.95. The van der Waals surface area contributed by atoms with Gasteiger partial charge in [-0.3, -0.25) is 9.56 Å². The molecule has 1 aliphatic heterocycles. The number of fused-ring (bicyclic) bond motifs is 1. The van der Waals surface area contributed by atoms with Gasteiger partial charge in [0.15, 0.2) is 26.0 Å². The molecule has 7 rings (SSSR count). The molecule has 11 nitrogen and oxygen atoms in total. The molecular weight excluding hydrogens is 721 g/mol. The summed E-state index contributed by atoms with van der Waals surface area (Å²) in [6, 6.07) is 35.8. The number of rotatable bonds is 13. The number of methoxy groups -OCH3 is 2. The van der Waals surface area contributed by atoms with Crippen LogP contribution < -0.4 is 15.2 Å². The highest BCUT2D eigenvalue weighted by atomic mass is 28.4.